The van der Waals surface area contributed by atoms with E-state index in [9.17, 15) is 10.2 Å². The number of rotatable bonds is 5. The molecule has 0 aromatic heterocycles. The Morgan fingerprint density at radius 2 is 1.37 bits per heavy atom. The highest BCUT2D eigenvalue weighted by molar-refractivity contribution is 5.58. The largest absolute Gasteiger partial charge is 0.507 e. The lowest BCUT2D eigenvalue weighted by atomic mass is 9.47. The third kappa shape index (κ3) is 3.98. The van der Waals surface area contributed by atoms with E-state index >= 15 is 0 Å². The molecular weight excluding hydrogens is 536 g/mol. The molecule has 6 rings (SSSR count). The molecule has 5 heteroatoms. The lowest BCUT2D eigenvalue weighted by Gasteiger charge is -2.62. The minimum Gasteiger partial charge on any atom is -0.507 e. The maximum Gasteiger partial charge on any atom is 0.137 e. The van der Waals surface area contributed by atoms with Gasteiger partial charge in [-0.2, -0.15) is 0 Å². The molecule has 43 heavy (non-hydrogen) atoms. The van der Waals surface area contributed by atoms with Crippen LogP contribution in [-0.2, 0) is 15.6 Å². The number of aromatic hydroxyl groups is 2. The molecule has 2 N–H and O–H groups in total. The minimum atomic E-state index is -0.524. The Morgan fingerprint density at radius 3 is 2.00 bits per heavy atom. The van der Waals surface area contributed by atoms with Crippen molar-refractivity contribution in [3.8, 4) is 23.0 Å². The van der Waals surface area contributed by atoms with Gasteiger partial charge in [0.2, 0.25) is 0 Å². The van der Waals surface area contributed by atoms with E-state index in [1.807, 2.05) is 26.0 Å². The van der Waals surface area contributed by atoms with Crippen LogP contribution in [0.4, 0.5) is 0 Å². The summed E-state index contributed by atoms with van der Waals surface area (Å²) in [7, 11) is 0. The fraction of sp³-hybridized carbons (Fsp3) is 0.684. The summed E-state index contributed by atoms with van der Waals surface area (Å²) in [5, 5.41) is 22.6. The highest BCUT2D eigenvalue weighted by atomic mass is 16.6. The van der Waals surface area contributed by atoms with Gasteiger partial charge in [-0.05, 0) is 118 Å². The predicted octanol–water partition coefficient (Wildman–Crippen LogP) is 8.90. The van der Waals surface area contributed by atoms with Crippen molar-refractivity contribution >= 4 is 0 Å². The van der Waals surface area contributed by atoms with Gasteiger partial charge in [-0.15, -0.1) is 0 Å². The molecule has 2 heterocycles. The molecule has 4 aliphatic rings. The summed E-state index contributed by atoms with van der Waals surface area (Å²) in [5.74, 6) is 2.94. The number of hydrogen-bond acceptors (Lipinski definition) is 5. The molecule has 2 aliphatic carbocycles. The number of fused-ring (bicyclic) bond motifs is 7. The molecule has 3 unspecified atom stereocenters. The van der Waals surface area contributed by atoms with Gasteiger partial charge >= 0.3 is 0 Å². The second-order valence-corrected chi connectivity index (χ2v) is 16.6. The first kappa shape index (κ1) is 30.6. The smallest absolute Gasteiger partial charge is 0.137 e. The van der Waals surface area contributed by atoms with E-state index in [1.54, 1.807) is 0 Å². The zero-order valence-corrected chi connectivity index (χ0v) is 28.4. The minimum absolute atomic E-state index is 0.0705. The van der Waals surface area contributed by atoms with E-state index in [0.717, 1.165) is 65.9 Å². The van der Waals surface area contributed by atoms with Crippen LogP contribution in [0.3, 0.4) is 0 Å². The topological polar surface area (TPSA) is 68.2 Å². The second-order valence-electron chi connectivity index (χ2n) is 16.6. The van der Waals surface area contributed by atoms with Crippen LogP contribution < -0.4 is 9.47 Å². The molecule has 0 amide bonds. The zero-order chi connectivity index (χ0) is 31.5. The van der Waals surface area contributed by atoms with Crippen molar-refractivity contribution in [3.05, 3.63) is 46.5 Å². The van der Waals surface area contributed by atoms with Crippen LogP contribution in [0.2, 0.25) is 0 Å². The molecule has 2 aromatic carbocycles. The van der Waals surface area contributed by atoms with E-state index < -0.39 is 11.0 Å². The van der Waals surface area contributed by atoms with Crippen LogP contribution in [-0.4, -0.2) is 34.1 Å². The van der Waals surface area contributed by atoms with E-state index in [2.05, 4.69) is 74.4 Å². The van der Waals surface area contributed by atoms with Gasteiger partial charge in [0.25, 0.3) is 0 Å². The predicted molar refractivity (Wildman–Crippen MR) is 171 cm³/mol. The summed E-state index contributed by atoms with van der Waals surface area (Å²) < 4.78 is 20.6. The van der Waals surface area contributed by atoms with Crippen molar-refractivity contribution in [2.45, 2.75) is 136 Å². The van der Waals surface area contributed by atoms with E-state index in [1.165, 1.54) is 0 Å². The Balaban J connectivity index is 1.34. The van der Waals surface area contributed by atoms with Crippen LogP contribution in [0, 0.1) is 36.5 Å². The average molecular weight is 591 g/mol. The summed E-state index contributed by atoms with van der Waals surface area (Å²) in [4.78, 5) is 0. The molecule has 2 fully saturated rings. The Kier molecular flexibility index (Phi) is 6.63. The van der Waals surface area contributed by atoms with E-state index in [0.29, 0.717) is 24.0 Å². The van der Waals surface area contributed by atoms with Crippen molar-refractivity contribution in [2.24, 2.45) is 22.7 Å². The highest BCUT2D eigenvalue weighted by Gasteiger charge is 2.68. The summed E-state index contributed by atoms with van der Waals surface area (Å²) in [6, 6.07) is 7.94. The normalized spacial score (nSPS) is 40.2. The third-order valence-electron chi connectivity index (χ3n) is 13.7. The molecule has 0 spiro atoms. The first-order valence-corrected chi connectivity index (χ1v) is 16.5. The van der Waals surface area contributed by atoms with Crippen molar-refractivity contribution in [1.29, 1.82) is 0 Å². The van der Waals surface area contributed by atoms with Crippen molar-refractivity contribution in [3.63, 3.8) is 0 Å². The van der Waals surface area contributed by atoms with Gasteiger partial charge in [0.05, 0.1) is 6.61 Å². The van der Waals surface area contributed by atoms with E-state index in [4.69, 9.17) is 14.2 Å². The van der Waals surface area contributed by atoms with Crippen molar-refractivity contribution < 1.29 is 24.4 Å². The number of benzene rings is 2. The fourth-order valence-corrected chi connectivity index (χ4v) is 10.2. The monoisotopic (exact) mass is 590 g/mol. The maximum atomic E-state index is 11.3. The Bertz CT molecular complexity index is 1460. The lowest BCUT2D eigenvalue weighted by Crippen LogP contribution is -2.65. The maximum absolute atomic E-state index is 11.3. The Hall–Kier alpha value is -2.40. The molecule has 2 bridgehead atoms. The van der Waals surface area contributed by atoms with Gasteiger partial charge in [-0.1, -0.05) is 48.5 Å². The van der Waals surface area contributed by atoms with Gasteiger partial charge in [0.1, 0.15) is 40.3 Å². The Morgan fingerprint density at radius 1 is 0.791 bits per heavy atom. The summed E-state index contributed by atoms with van der Waals surface area (Å²) >= 11 is 0. The summed E-state index contributed by atoms with van der Waals surface area (Å²) in [6.07, 6.45) is 4.50. The SMILES string of the molecule is Cc1cc(O)c2c(c1)OC1(C)CC[C@@](C)([C@@H](C)COC3(C)CC[C@](C)(C(C)C)[C@]4(C)c5c(O)cc(C)cc5OC34)[C@@]2(C)C1. The van der Waals surface area contributed by atoms with Crippen LogP contribution >= 0.6 is 0 Å². The molecule has 2 aliphatic heterocycles. The van der Waals surface area contributed by atoms with Crippen LogP contribution in [0.15, 0.2) is 24.3 Å². The van der Waals surface area contributed by atoms with Crippen LogP contribution in [0.5, 0.6) is 23.0 Å². The number of ether oxygens (including phenoxy) is 3. The van der Waals surface area contributed by atoms with Gasteiger partial charge in [0, 0.05) is 22.0 Å². The number of hydrogen-bond donors (Lipinski definition) is 2. The molecule has 0 saturated heterocycles. The van der Waals surface area contributed by atoms with Gasteiger partial charge in [-0.3, -0.25) is 0 Å². The first-order chi connectivity index (χ1) is 19.8. The summed E-state index contributed by atoms with van der Waals surface area (Å²) in [6.45, 7) is 25.4. The quantitative estimate of drug-likeness (QED) is 0.364. The number of aryl methyl sites for hydroxylation is 2. The molecule has 0 radical (unpaired) electrons. The number of phenolic OH excluding ortho intramolecular Hbond substituents is 2. The van der Waals surface area contributed by atoms with E-state index in [-0.39, 0.29) is 33.9 Å². The molecule has 8 atom stereocenters. The molecular formula is C38H54O5. The number of phenols is 2. The first-order valence-electron chi connectivity index (χ1n) is 16.5. The van der Waals surface area contributed by atoms with Gasteiger partial charge < -0.3 is 24.4 Å². The molecule has 236 valence electrons. The van der Waals surface area contributed by atoms with Crippen molar-refractivity contribution in [1.82, 2.24) is 0 Å². The highest BCUT2D eigenvalue weighted by Crippen LogP contribution is 2.67. The lowest BCUT2D eigenvalue weighted by molar-refractivity contribution is -0.194. The second kappa shape index (κ2) is 9.31. The van der Waals surface area contributed by atoms with Crippen LogP contribution in [0.1, 0.15) is 117 Å². The van der Waals surface area contributed by atoms with Crippen molar-refractivity contribution in [2.75, 3.05) is 6.61 Å². The van der Waals surface area contributed by atoms with Gasteiger partial charge in [0.15, 0.2) is 0 Å². The Labute approximate surface area is 259 Å². The standard InChI is InChI=1S/C38H54O5/c1-22(2)34(7)14-15-37(10,32-38(34,11)31-27(40)17-23(3)18-28(31)42-32)41-20-25(5)35(8)13-12-33(6)21-36(35,9)30-26(39)16-24(4)19-29(30)43-33/h16-19,22,25,32,39-40H,12-15,20-21H2,1-11H3/t25-,32?,33?,34+,35-,36-,37?,38+/m0/s1. The summed E-state index contributed by atoms with van der Waals surface area (Å²) in [5.41, 5.74) is 2.28. The van der Waals surface area contributed by atoms with Crippen LogP contribution in [0.25, 0.3) is 0 Å². The zero-order valence-electron chi connectivity index (χ0n) is 28.4. The average Bonchev–Trinajstić information content (AvgIpc) is 3.21. The molecule has 2 aromatic rings. The molecule has 2 saturated carbocycles. The fourth-order valence-electron chi connectivity index (χ4n) is 10.2. The van der Waals surface area contributed by atoms with Gasteiger partial charge in [-0.25, -0.2) is 0 Å². The molecule has 5 nitrogen and oxygen atoms in total. The third-order valence-corrected chi connectivity index (χ3v) is 13.7.